The minimum Gasteiger partial charge on any atom is -0.384 e. The Hall–Kier alpha value is -5.98. The number of nitrogens with one attached hydrogen (secondary N) is 5. The number of aromatic nitrogens is 3. The largest absolute Gasteiger partial charge is 0.384 e. The Morgan fingerprint density at radius 2 is 1.62 bits per heavy atom. The second-order valence-corrected chi connectivity index (χ2v) is 12.2. The molecule has 2 aromatic carbocycles. The molecular weight excluding hydrogens is 690 g/mol. The van der Waals surface area contributed by atoms with Gasteiger partial charge in [-0.25, -0.2) is 4.98 Å². The summed E-state index contributed by atoms with van der Waals surface area (Å²) in [6.07, 6.45) is 3.15. The Kier molecular flexibility index (Phi) is 12.1. The molecule has 6 rings (SSSR count). The van der Waals surface area contributed by atoms with Gasteiger partial charge in [0.15, 0.2) is 0 Å². The third-order valence-corrected chi connectivity index (χ3v) is 8.54. The van der Waals surface area contributed by atoms with Crippen molar-refractivity contribution in [2.24, 2.45) is 0 Å². The van der Waals surface area contributed by atoms with E-state index in [1.54, 1.807) is 36.5 Å². The molecule has 4 amide bonds. The van der Waals surface area contributed by atoms with Gasteiger partial charge in [0.1, 0.15) is 11.9 Å². The van der Waals surface area contributed by atoms with E-state index in [0.29, 0.717) is 82.8 Å². The molecule has 1 fully saturated rings. The smallest absolute Gasteiger partial charge is 0.311 e. The van der Waals surface area contributed by atoms with Crippen LogP contribution in [0.2, 0.25) is 0 Å². The fourth-order valence-electron chi connectivity index (χ4n) is 5.94. The van der Waals surface area contributed by atoms with Crippen molar-refractivity contribution >= 4 is 63.2 Å². The molecule has 0 spiro atoms. The summed E-state index contributed by atoms with van der Waals surface area (Å²) in [5, 5.41) is 30.9. The Balaban J connectivity index is 0.804. The maximum Gasteiger partial charge on any atom is 0.311 e. The first-order valence-corrected chi connectivity index (χ1v) is 17.2. The van der Waals surface area contributed by atoms with Gasteiger partial charge in [-0.15, -0.1) is 0 Å². The van der Waals surface area contributed by atoms with E-state index in [1.807, 2.05) is 12.1 Å². The number of amides is 4. The SMILES string of the molecule is O=C1CCC(N2C(=O)c3cccc(NCCCOCCOCCOCCCNc4ccc([N+](=O)[O-])c(Nc5ccc6[nH]ncc6c5)n4)c3C2=O)C(=O)N1. The zero-order valence-electron chi connectivity index (χ0n) is 28.7. The molecule has 0 aliphatic carbocycles. The van der Waals surface area contributed by atoms with Gasteiger partial charge < -0.3 is 30.2 Å². The number of ether oxygens (including phenoxy) is 3. The van der Waals surface area contributed by atoms with E-state index >= 15 is 0 Å². The number of piperidine rings is 1. The fraction of sp³-hybridized carbons (Fsp3) is 0.371. The van der Waals surface area contributed by atoms with E-state index in [0.717, 1.165) is 15.8 Å². The van der Waals surface area contributed by atoms with Crippen LogP contribution in [0.1, 0.15) is 46.4 Å². The maximum atomic E-state index is 13.2. The first kappa shape index (κ1) is 36.8. The molecule has 278 valence electrons. The monoisotopic (exact) mass is 729 g/mol. The van der Waals surface area contributed by atoms with Crippen LogP contribution < -0.4 is 21.3 Å². The van der Waals surface area contributed by atoms with Crippen molar-refractivity contribution in [3.05, 3.63) is 76.0 Å². The number of hydrogen-bond donors (Lipinski definition) is 5. The number of anilines is 4. The first-order valence-electron chi connectivity index (χ1n) is 17.2. The number of H-pyrrole nitrogens is 1. The average molecular weight is 730 g/mol. The van der Waals surface area contributed by atoms with Crippen molar-refractivity contribution in [2.45, 2.75) is 31.7 Å². The van der Waals surface area contributed by atoms with Crippen molar-refractivity contribution in [1.29, 1.82) is 0 Å². The van der Waals surface area contributed by atoms with E-state index in [4.69, 9.17) is 14.2 Å². The third kappa shape index (κ3) is 9.09. The quantitative estimate of drug-likeness (QED) is 0.0380. The Bertz CT molecular complexity index is 1990. The van der Waals surface area contributed by atoms with Gasteiger partial charge in [0.2, 0.25) is 17.6 Å². The van der Waals surface area contributed by atoms with E-state index < -0.39 is 34.6 Å². The lowest BCUT2D eigenvalue weighted by molar-refractivity contribution is -0.384. The zero-order valence-corrected chi connectivity index (χ0v) is 28.7. The number of rotatable bonds is 20. The van der Waals surface area contributed by atoms with Crippen LogP contribution in [0.25, 0.3) is 10.9 Å². The van der Waals surface area contributed by atoms with Crippen molar-refractivity contribution in [3.8, 4) is 0 Å². The second-order valence-electron chi connectivity index (χ2n) is 12.2. The molecule has 5 N–H and O–H groups in total. The number of carbonyl (C=O) groups is 4. The van der Waals surface area contributed by atoms with Gasteiger partial charge in [0.05, 0.1) is 54.2 Å². The third-order valence-electron chi connectivity index (χ3n) is 8.54. The Morgan fingerprint density at radius 1 is 0.887 bits per heavy atom. The molecular formula is C35H39N9O9. The number of fused-ring (bicyclic) bond motifs is 2. The molecule has 1 atom stereocenters. The van der Waals surface area contributed by atoms with Gasteiger partial charge in [-0.05, 0) is 55.7 Å². The lowest BCUT2D eigenvalue weighted by atomic mass is 10.0. The average Bonchev–Trinajstić information content (AvgIpc) is 3.71. The van der Waals surface area contributed by atoms with Gasteiger partial charge >= 0.3 is 5.69 Å². The first-order chi connectivity index (χ1) is 25.8. The highest BCUT2D eigenvalue weighted by molar-refractivity contribution is 6.25. The fourth-order valence-corrected chi connectivity index (χ4v) is 5.94. The number of aromatic amines is 1. The number of benzene rings is 2. The number of imide groups is 2. The molecule has 2 aromatic heterocycles. The normalized spacial score (nSPS) is 15.5. The standard InChI is InChI=1S/C35H39N9O9/c45-30-11-9-28(33(46)41-30)43-34(47)24-4-1-5-26(31(24)35(43)48)36-12-2-14-51-16-18-53-19-17-52-15-3-13-37-29-10-8-27(44(49)50)32(40-29)39-23-6-7-25-22(20-23)21-38-42-25/h1,4-8,10,20-21,28,36H,2-3,9,11-19H2,(H,38,42)(H2,37,39,40)(H,41,45,46). The summed E-state index contributed by atoms with van der Waals surface area (Å²) in [5.41, 5.74) is 2.31. The van der Waals surface area contributed by atoms with E-state index in [2.05, 4.69) is 36.4 Å². The van der Waals surface area contributed by atoms with Gasteiger partial charge in [-0.2, -0.15) is 5.10 Å². The summed E-state index contributed by atoms with van der Waals surface area (Å²) in [6, 6.07) is 12.3. The van der Waals surface area contributed by atoms with Crippen LogP contribution in [0.3, 0.4) is 0 Å². The maximum absolute atomic E-state index is 13.2. The molecule has 4 heterocycles. The molecule has 2 aliphatic heterocycles. The van der Waals surface area contributed by atoms with Crippen molar-refractivity contribution in [1.82, 2.24) is 25.4 Å². The van der Waals surface area contributed by atoms with Crippen molar-refractivity contribution in [2.75, 3.05) is 68.7 Å². The summed E-state index contributed by atoms with van der Waals surface area (Å²) in [5.74, 6) is -1.54. The number of pyridine rings is 1. The molecule has 0 bridgehead atoms. The number of nitrogens with zero attached hydrogens (tertiary/aromatic N) is 4. The molecule has 4 aromatic rings. The molecule has 18 heteroatoms. The second kappa shape index (κ2) is 17.5. The van der Waals surface area contributed by atoms with Gasteiger partial charge in [0.25, 0.3) is 11.8 Å². The van der Waals surface area contributed by atoms with Crippen molar-refractivity contribution in [3.63, 3.8) is 0 Å². The van der Waals surface area contributed by atoms with E-state index in [1.165, 1.54) is 6.07 Å². The lowest BCUT2D eigenvalue weighted by Gasteiger charge is -2.27. The predicted octanol–water partition coefficient (Wildman–Crippen LogP) is 3.36. The van der Waals surface area contributed by atoms with Crippen LogP contribution in [0, 0.1) is 10.1 Å². The zero-order chi connectivity index (χ0) is 37.2. The highest BCUT2D eigenvalue weighted by Crippen LogP contribution is 2.32. The summed E-state index contributed by atoms with van der Waals surface area (Å²) >= 11 is 0. The molecule has 1 unspecified atom stereocenters. The van der Waals surface area contributed by atoms with Crippen LogP contribution >= 0.6 is 0 Å². The van der Waals surface area contributed by atoms with Crippen LogP contribution in [0.15, 0.2) is 54.7 Å². The van der Waals surface area contributed by atoms with Gasteiger partial charge in [-0.3, -0.25) is 44.6 Å². The molecule has 53 heavy (non-hydrogen) atoms. The Morgan fingerprint density at radius 3 is 2.36 bits per heavy atom. The Labute approximate surface area is 303 Å². The minimum atomic E-state index is -1.01. The molecule has 18 nitrogen and oxygen atoms in total. The molecule has 0 saturated carbocycles. The van der Waals surface area contributed by atoms with Gasteiger partial charge in [0, 0.05) is 55.6 Å². The van der Waals surface area contributed by atoms with E-state index in [-0.39, 0.29) is 35.5 Å². The van der Waals surface area contributed by atoms with E-state index in [9.17, 15) is 29.3 Å². The summed E-state index contributed by atoms with van der Waals surface area (Å²) < 4.78 is 16.8. The predicted molar refractivity (Wildman–Crippen MR) is 192 cm³/mol. The summed E-state index contributed by atoms with van der Waals surface area (Å²) in [4.78, 5) is 66.4. The number of hydrogen-bond acceptors (Lipinski definition) is 14. The van der Waals surface area contributed by atoms with Crippen LogP contribution in [0.5, 0.6) is 0 Å². The van der Waals surface area contributed by atoms with Crippen LogP contribution in [0.4, 0.5) is 28.7 Å². The number of nitro groups is 1. The topological polar surface area (TPSA) is 232 Å². The highest BCUT2D eigenvalue weighted by Gasteiger charge is 2.45. The van der Waals surface area contributed by atoms with Crippen LogP contribution in [-0.4, -0.2) is 107 Å². The van der Waals surface area contributed by atoms with Crippen LogP contribution in [-0.2, 0) is 23.8 Å². The van der Waals surface area contributed by atoms with Crippen molar-refractivity contribution < 1.29 is 38.3 Å². The highest BCUT2D eigenvalue weighted by atomic mass is 16.6. The van der Waals surface area contributed by atoms with Gasteiger partial charge in [-0.1, -0.05) is 6.07 Å². The summed E-state index contributed by atoms with van der Waals surface area (Å²) in [6.45, 7) is 3.60. The number of carbonyl (C=O) groups excluding carboxylic acids is 4. The minimum absolute atomic E-state index is 0.0620. The lowest BCUT2D eigenvalue weighted by Crippen LogP contribution is -2.54. The molecule has 2 aliphatic rings. The molecule has 1 saturated heterocycles. The summed E-state index contributed by atoms with van der Waals surface area (Å²) in [7, 11) is 0. The molecule has 0 radical (unpaired) electrons.